The molecule has 0 aliphatic heterocycles. The summed E-state index contributed by atoms with van der Waals surface area (Å²) in [5.41, 5.74) is 3.17. The van der Waals surface area contributed by atoms with E-state index < -0.39 is 0 Å². The Bertz CT molecular complexity index is 1110. The Labute approximate surface area is 163 Å². The maximum Gasteiger partial charge on any atom is 0.255 e. The molecule has 0 aliphatic rings. The van der Waals surface area contributed by atoms with Crippen molar-refractivity contribution in [1.82, 2.24) is 19.7 Å². The van der Waals surface area contributed by atoms with E-state index in [4.69, 9.17) is 0 Å². The molecule has 0 spiro atoms. The highest BCUT2D eigenvalue weighted by molar-refractivity contribution is 5.85. The minimum absolute atomic E-state index is 0.0608. The number of fused-ring (bicyclic) bond motifs is 1. The average molecular weight is 384 g/mol. The predicted octanol–water partition coefficient (Wildman–Crippen LogP) is 2.94. The van der Waals surface area contributed by atoms with E-state index in [0.29, 0.717) is 23.3 Å². The van der Waals surface area contributed by atoms with E-state index in [9.17, 15) is 14.0 Å². The normalized spacial score (nSPS) is 11.4. The number of pyridine rings is 1. The van der Waals surface area contributed by atoms with Crippen molar-refractivity contribution in [2.45, 2.75) is 46.6 Å². The SMILES string of the molecule is Cc1nn(-c2cccc(F)c2)c2c1c(C)c(CCC(=O)NC(C)C)c(=O)n2C. The van der Waals surface area contributed by atoms with Crippen LogP contribution in [0.4, 0.5) is 4.39 Å². The number of rotatable bonds is 5. The lowest BCUT2D eigenvalue weighted by Crippen LogP contribution is -2.31. The predicted molar refractivity (Wildman–Crippen MR) is 107 cm³/mol. The van der Waals surface area contributed by atoms with Gasteiger partial charge in [0.05, 0.1) is 11.4 Å². The van der Waals surface area contributed by atoms with Crippen LogP contribution in [0, 0.1) is 19.7 Å². The topological polar surface area (TPSA) is 68.9 Å². The molecule has 0 bridgehead atoms. The summed E-state index contributed by atoms with van der Waals surface area (Å²) in [5, 5.41) is 8.25. The molecule has 148 valence electrons. The molecule has 2 heterocycles. The molecule has 0 atom stereocenters. The van der Waals surface area contributed by atoms with Gasteiger partial charge >= 0.3 is 0 Å². The lowest BCUT2D eigenvalue weighted by atomic mass is 10.0. The number of halogens is 1. The first kappa shape index (κ1) is 19.8. The highest BCUT2D eigenvalue weighted by Crippen LogP contribution is 2.26. The number of hydrogen-bond donors (Lipinski definition) is 1. The first-order valence-corrected chi connectivity index (χ1v) is 9.33. The van der Waals surface area contributed by atoms with E-state index in [-0.39, 0.29) is 29.7 Å². The van der Waals surface area contributed by atoms with Gasteiger partial charge < -0.3 is 5.32 Å². The molecule has 1 aromatic carbocycles. The summed E-state index contributed by atoms with van der Waals surface area (Å²) in [5.74, 6) is -0.447. The van der Waals surface area contributed by atoms with Crippen LogP contribution in [0.25, 0.3) is 16.7 Å². The number of nitrogens with zero attached hydrogens (tertiary/aromatic N) is 3. The van der Waals surface area contributed by atoms with E-state index in [0.717, 1.165) is 16.6 Å². The number of aromatic nitrogens is 3. The van der Waals surface area contributed by atoms with E-state index in [2.05, 4.69) is 10.4 Å². The van der Waals surface area contributed by atoms with Gasteiger partial charge in [-0.3, -0.25) is 14.2 Å². The highest BCUT2D eigenvalue weighted by atomic mass is 19.1. The van der Waals surface area contributed by atoms with Gasteiger partial charge in [0.15, 0.2) is 0 Å². The average Bonchev–Trinajstić information content (AvgIpc) is 2.97. The monoisotopic (exact) mass is 384 g/mol. The van der Waals surface area contributed by atoms with Gasteiger partial charge in [-0.2, -0.15) is 5.10 Å². The molecule has 6 nitrogen and oxygen atoms in total. The van der Waals surface area contributed by atoms with Crippen molar-refractivity contribution in [1.29, 1.82) is 0 Å². The third kappa shape index (κ3) is 3.56. The molecule has 28 heavy (non-hydrogen) atoms. The summed E-state index contributed by atoms with van der Waals surface area (Å²) in [6.45, 7) is 7.55. The van der Waals surface area contributed by atoms with Gasteiger partial charge in [-0.1, -0.05) is 6.07 Å². The van der Waals surface area contributed by atoms with Crippen LogP contribution in [0.5, 0.6) is 0 Å². The fourth-order valence-corrected chi connectivity index (χ4v) is 3.59. The summed E-state index contributed by atoms with van der Waals surface area (Å²) in [7, 11) is 1.68. The number of carbonyl (C=O) groups excluding carboxylic acids is 1. The maximum atomic E-state index is 13.7. The van der Waals surface area contributed by atoms with Gasteiger partial charge in [0, 0.05) is 30.5 Å². The van der Waals surface area contributed by atoms with E-state index in [1.165, 1.54) is 16.7 Å². The molecule has 0 aliphatic carbocycles. The second kappa shape index (κ2) is 7.58. The summed E-state index contributed by atoms with van der Waals surface area (Å²) in [6.07, 6.45) is 0.606. The minimum atomic E-state index is -0.367. The molecule has 0 unspecified atom stereocenters. The zero-order valence-electron chi connectivity index (χ0n) is 16.8. The molecule has 3 rings (SSSR count). The quantitative estimate of drug-likeness (QED) is 0.735. The molecule has 1 amide bonds. The number of nitrogens with one attached hydrogen (secondary N) is 1. The van der Waals surface area contributed by atoms with Gasteiger partial charge in [0.25, 0.3) is 5.56 Å². The molecule has 1 N–H and O–H groups in total. The van der Waals surface area contributed by atoms with E-state index in [1.54, 1.807) is 23.9 Å². The van der Waals surface area contributed by atoms with Crippen molar-refractivity contribution in [3.8, 4) is 5.69 Å². The summed E-state index contributed by atoms with van der Waals surface area (Å²) < 4.78 is 16.8. The molecule has 0 fully saturated rings. The second-order valence-corrected chi connectivity index (χ2v) is 7.37. The van der Waals surface area contributed by atoms with E-state index >= 15 is 0 Å². The van der Waals surface area contributed by atoms with Gasteiger partial charge in [0.2, 0.25) is 5.91 Å². The van der Waals surface area contributed by atoms with Gasteiger partial charge in [-0.05, 0) is 57.9 Å². The van der Waals surface area contributed by atoms with Crippen LogP contribution in [-0.2, 0) is 18.3 Å². The lowest BCUT2D eigenvalue weighted by molar-refractivity contribution is -0.121. The van der Waals surface area contributed by atoms with Crippen LogP contribution in [0.2, 0.25) is 0 Å². The van der Waals surface area contributed by atoms with Crippen molar-refractivity contribution in [2.75, 3.05) is 0 Å². The van der Waals surface area contributed by atoms with Crippen molar-refractivity contribution < 1.29 is 9.18 Å². The van der Waals surface area contributed by atoms with E-state index in [1.807, 2.05) is 27.7 Å². The van der Waals surface area contributed by atoms with Crippen molar-refractivity contribution in [2.24, 2.45) is 7.05 Å². The highest BCUT2D eigenvalue weighted by Gasteiger charge is 2.20. The first-order chi connectivity index (χ1) is 13.2. The molecule has 0 radical (unpaired) electrons. The lowest BCUT2D eigenvalue weighted by Gasteiger charge is -2.13. The summed E-state index contributed by atoms with van der Waals surface area (Å²) in [6, 6.07) is 6.17. The van der Waals surface area contributed by atoms with Crippen molar-refractivity contribution in [3.05, 3.63) is 57.3 Å². The fourth-order valence-electron chi connectivity index (χ4n) is 3.59. The fraction of sp³-hybridized carbons (Fsp3) is 0.381. The zero-order valence-corrected chi connectivity index (χ0v) is 16.8. The number of carbonyl (C=O) groups is 1. The number of amides is 1. The van der Waals surface area contributed by atoms with Gasteiger partial charge in [-0.25, -0.2) is 9.07 Å². The molecule has 3 aromatic rings. The zero-order chi connectivity index (χ0) is 20.6. The Morgan fingerprint density at radius 2 is 2.00 bits per heavy atom. The standard InChI is InChI=1S/C21H25FN4O2/c1-12(2)23-18(27)10-9-17-13(3)19-14(4)24-26(20(19)25(5)21(17)28)16-8-6-7-15(22)11-16/h6-8,11-12H,9-10H2,1-5H3,(H,23,27). The Morgan fingerprint density at radius 1 is 1.29 bits per heavy atom. The number of aryl methyl sites for hydroxylation is 3. The number of hydrogen-bond acceptors (Lipinski definition) is 3. The van der Waals surface area contributed by atoms with Crippen LogP contribution in [0.3, 0.4) is 0 Å². The Morgan fingerprint density at radius 3 is 2.64 bits per heavy atom. The third-order valence-corrected chi connectivity index (χ3v) is 4.85. The second-order valence-electron chi connectivity index (χ2n) is 7.37. The van der Waals surface area contributed by atoms with Crippen LogP contribution in [0.15, 0.2) is 29.1 Å². The molecule has 0 saturated carbocycles. The molecular weight excluding hydrogens is 359 g/mol. The Kier molecular flexibility index (Phi) is 5.36. The molecule has 2 aromatic heterocycles. The molecular formula is C21H25FN4O2. The van der Waals surface area contributed by atoms with Gasteiger partial charge in [0.1, 0.15) is 11.5 Å². The number of benzene rings is 1. The van der Waals surface area contributed by atoms with Crippen LogP contribution in [0.1, 0.15) is 37.1 Å². The largest absolute Gasteiger partial charge is 0.354 e. The van der Waals surface area contributed by atoms with Crippen LogP contribution in [-0.4, -0.2) is 26.3 Å². The Balaban J connectivity index is 2.12. The van der Waals surface area contributed by atoms with Crippen molar-refractivity contribution in [3.63, 3.8) is 0 Å². The smallest absolute Gasteiger partial charge is 0.255 e. The summed E-state index contributed by atoms with van der Waals surface area (Å²) >= 11 is 0. The Hall–Kier alpha value is -2.96. The molecule has 0 saturated heterocycles. The maximum absolute atomic E-state index is 13.7. The van der Waals surface area contributed by atoms with Crippen molar-refractivity contribution >= 4 is 16.9 Å². The van der Waals surface area contributed by atoms with Crippen LogP contribution >= 0.6 is 0 Å². The minimum Gasteiger partial charge on any atom is -0.354 e. The van der Waals surface area contributed by atoms with Gasteiger partial charge in [-0.15, -0.1) is 0 Å². The van der Waals surface area contributed by atoms with Crippen LogP contribution < -0.4 is 10.9 Å². The third-order valence-electron chi connectivity index (χ3n) is 4.85. The first-order valence-electron chi connectivity index (χ1n) is 9.33. The summed E-state index contributed by atoms with van der Waals surface area (Å²) in [4.78, 5) is 25.0. The molecule has 7 heteroatoms.